The fourth-order valence-corrected chi connectivity index (χ4v) is 3.85. The van der Waals surface area contributed by atoms with E-state index in [1.54, 1.807) is 0 Å². The number of hydrogen-bond acceptors (Lipinski definition) is 4. The van der Waals surface area contributed by atoms with Gasteiger partial charge in [0.1, 0.15) is 23.7 Å². The highest BCUT2D eigenvalue weighted by Crippen LogP contribution is 2.35. The highest BCUT2D eigenvalue weighted by atomic mass is 16.5. The Morgan fingerprint density at radius 3 is 2.73 bits per heavy atom. The molecule has 2 atom stereocenters. The molecule has 155 valence electrons. The highest BCUT2D eigenvalue weighted by molar-refractivity contribution is 6.00. The van der Waals surface area contributed by atoms with Gasteiger partial charge < -0.3 is 14.4 Å². The maximum Gasteiger partial charge on any atom is 0.170 e. The van der Waals surface area contributed by atoms with E-state index in [1.165, 1.54) is 0 Å². The van der Waals surface area contributed by atoms with Gasteiger partial charge in [0.25, 0.3) is 0 Å². The van der Waals surface area contributed by atoms with Gasteiger partial charge in [-0.25, -0.2) is 0 Å². The normalized spacial score (nSPS) is 19.1. The lowest BCUT2D eigenvalue weighted by Gasteiger charge is -2.28. The molecule has 4 rings (SSSR count). The Kier molecular flexibility index (Phi) is 6.34. The number of benzene rings is 2. The Balaban J connectivity index is 1.52. The van der Waals surface area contributed by atoms with Crippen LogP contribution < -0.4 is 9.47 Å². The maximum atomic E-state index is 12.9. The number of carbonyl (C=O) groups excluding carboxylic acids is 1. The Hall–Kier alpha value is -2.85. The van der Waals surface area contributed by atoms with Gasteiger partial charge in [0.2, 0.25) is 0 Å². The molecular formula is C26H28NO3. The summed E-state index contributed by atoms with van der Waals surface area (Å²) in [6.07, 6.45) is 9.95. The summed E-state index contributed by atoms with van der Waals surface area (Å²) < 4.78 is 12.5. The topological polar surface area (TPSA) is 38.8 Å². The summed E-state index contributed by atoms with van der Waals surface area (Å²) in [5.41, 5.74) is 2.89. The van der Waals surface area contributed by atoms with Gasteiger partial charge in [-0.05, 0) is 49.9 Å². The van der Waals surface area contributed by atoms with E-state index >= 15 is 0 Å². The molecule has 0 N–H and O–H groups in total. The molecular weight excluding hydrogens is 374 g/mol. The first-order chi connectivity index (χ1) is 14.6. The van der Waals surface area contributed by atoms with Crippen molar-refractivity contribution >= 4 is 5.78 Å². The average Bonchev–Trinajstić information content (AvgIpc) is 2.78. The van der Waals surface area contributed by atoms with Crippen LogP contribution >= 0.6 is 0 Å². The van der Waals surface area contributed by atoms with Crippen LogP contribution in [0.15, 0.2) is 72.3 Å². The van der Waals surface area contributed by atoms with Crippen molar-refractivity contribution in [2.75, 3.05) is 20.6 Å². The summed E-state index contributed by atoms with van der Waals surface area (Å²) in [5, 5.41) is 0. The minimum Gasteiger partial charge on any atom is -0.486 e. The number of ketones is 1. The predicted octanol–water partition coefficient (Wildman–Crippen LogP) is 5.18. The summed E-state index contributed by atoms with van der Waals surface area (Å²) >= 11 is 0. The van der Waals surface area contributed by atoms with Gasteiger partial charge in [0.05, 0.1) is 12.0 Å². The minimum atomic E-state index is -0.185. The first-order valence-corrected chi connectivity index (χ1v) is 10.5. The van der Waals surface area contributed by atoms with Crippen molar-refractivity contribution in [1.29, 1.82) is 0 Å². The SMILES string of the molecule is CN(C)CCC(Oc1ccc2c(c1)C(=O)CC(C1=C[CH]C=CC1)O2)c1ccccc1. The quantitative estimate of drug-likeness (QED) is 0.639. The van der Waals surface area contributed by atoms with Crippen LogP contribution in [-0.4, -0.2) is 37.4 Å². The number of nitrogens with zero attached hydrogens (tertiary/aromatic N) is 1. The zero-order chi connectivity index (χ0) is 20.9. The van der Waals surface area contributed by atoms with Crippen LogP contribution in [0.5, 0.6) is 11.5 Å². The minimum absolute atomic E-state index is 0.0753. The Morgan fingerprint density at radius 2 is 2.00 bits per heavy atom. The standard InChI is InChI=1S/C26H28NO3/c1-27(2)16-15-24(19-9-5-3-6-10-19)29-21-13-14-25-22(17-21)23(28)18-26(30-25)20-11-7-4-8-12-20/h3-11,13-14,17,24,26H,12,15-16,18H2,1-2H3. The van der Waals surface area contributed by atoms with Crippen LogP contribution in [0, 0.1) is 6.42 Å². The largest absolute Gasteiger partial charge is 0.486 e. The zero-order valence-corrected chi connectivity index (χ0v) is 17.6. The van der Waals surface area contributed by atoms with Gasteiger partial charge in [0, 0.05) is 19.4 Å². The molecule has 2 aromatic rings. The van der Waals surface area contributed by atoms with Crippen molar-refractivity contribution in [2.45, 2.75) is 31.5 Å². The van der Waals surface area contributed by atoms with E-state index in [1.807, 2.05) is 48.9 Å². The monoisotopic (exact) mass is 402 g/mol. The lowest BCUT2D eigenvalue weighted by Crippen LogP contribution is -2.29. The molecule has 4 nitrogen and oxygen atoms in total. The first kappa shape index (κ1) is 20.4. The molecule has 1 radical (unpaired) electrons. The van der Waals surface area contributed by atoms with Gasteiger partial charge in [-0.15, -0.1) is 0 Å². The molecule has 2 aliphatic rings. The zero-order valence-electron chi connectivity index (χ0n) is 17.6. The van der Waals surface area contributed by atoms with E-state index in [0.29, 0.717) is 23.5 Å². The van der Waals surface area contributed by atoms with Gasteiger partial charge in [-0.2, -0.15) is 0 Å². The van der Waals surface area contributed by atoms with E-state index < -0.39 is 0 Å². The summed E-state index contributed by atoms with van der Waals surface area (Å²) in [5.74, 6) is 1.44. The maximum absolute atomic E-state index is 12.9. The molecule has 0 saturated heterocycles. The fourth-order valence-electron chi connectivity index (χ4n) is 3.85. The van der Waals surface area contributed by atoms with E-state index in [4.69, 9.17) is 9.47 Å². The molecule has 0 amide bonds. The first-order valence-electron chi connectivity index (χ1n) is 10.5. The third-order valence-corrected chi connectivity index (χ3v) is 5.50. The van der Waals surface area contributed by atoms with Crippen LogP contribution in [0.1, 0.15) is 41.3 Å². The molecule has 2 aromatic carbocycles. The van der Waals surface area contributed by atoms with E-state index in [9.17, 15) is 4.79 Å². The molecule has 0 aromatic heterocycles. The Bertz CT molecular complexity index is 946. The van der Waals surface area contributed by atoms with Crippen LogP contribution in [0.4, 0.5) is 0 Å². The summed E-state index contributed by atoms with van der Waals surface area (Å²) in [7, 11) is 4.12. The number of carbonyl (C=O) groups is 1. The van der Waals surface area contributed by atoms with Gasteiger partial charge in [0.15, 0.2) is 5.78 Å². The van der Waals surface area contributed by atoms with Crippen molar-refractivity contribution in [2.24, 2.45) is 0 Å². The molecule has 1 aliphatic heterocycles. The smallest absolute Gasteiger partial charge is 0.170 e. The highest BCUT2D eigenvalue weighted by Gasteiger charge is 2.29. The van der Waals surface area contributed by atoms with Crippen LogP contribution in [-0.2, 0) is 0 Å². The van der Waals surface area contributed by atoms with Gasteiger partial charge in [-0.3, -0.25) is 4.79 Å². The number of fused-ring (bicyclic) bond motifs is 1. The number of allylic oxidation sites excluding steroid dienone is 3. The van der Waals surface area contributed by atoms with Crippen LogP contribution in [0.2, 0.25) is 0 Å². The second-order valence-electron chi connectivity index (χ2n) is 8.07. The summed E-state index contributed by atoms with van der Waals surface area (Å²) in [6, 6.07) is 15.8. The van der Waals surface area contributed by atoms with E-state index in [-0.39, 0.29) is 18.0 Å². The summed E-state index contributed by atoms with van der Waals surface area (Å²) in [4.78, 5) is 15.0. The van der Waals surface area contributed by atoms with Crippen molar-refractivity contribution in [3.8, 4) is 11.5 Å². The molecule has 0 bridgehead atoms. The molecule has 1 aliphatic carbocycles. The van der Waals surface area contributed by atoms with E-state index in [0.717, 1.165) is 30.5 Å². The van der Waals surface area contributed by atoms with Crippen LogP contribution in [0.25, 0.3) is 0 Å². The molecule has 30 heavy (non-hydrogen) atoms. The third-order valence-electron chi connectivity index (χ3n) is 5.50. The second kappa shape index (κ2) is 9.31. The summed E-state index contributed by atoms with van der Waals surface area (Å²) in [6.45, 7) is 0.912. The molecule has 0 spiro atoms. The van der Waals surface area contributed by atoms with E-state index in [2.05, 4.69) is 43.3 Å². The second-order valence-corrected chi connectivity index (χ2v) is 8.07. The molecule has 2 unspecified atom stereocenters. The van der Waals surface area contributed by atoms with Crippen molar-refractivity contribution in [1.82, 2.24) is 4.90 Å². The molecule has 4 heteroatoms. The van der Waals surface area contributed by atoms with Crippen molar-refractivity contribution in [3.05, 3.63) is 89.9 Å². The Labute approximate surface area is 178 Å². The Morgan fingerprint density at radius 1 is 1.17 bits per heavy atom. The number of hydrogen-bond donors (Lipinski definition) is 0. The lowest BCUT2D eigenvalue weighted by molar-refractivity contribution is 0.0881. The predicted molar refractivity (Wildman–Crippen MR) is 119 cm³/mol. The lowest BCUT2D eigenvalue weighted by atomic mass is 9.92. The third kappa shape index (κ3) is 4.82. The number of rotatable bonds is 7. The van der Waals surface area contributed by atoms with Crippen molar-refractivity contribution < 1.29 is 14.3 Å². The molecule has 1 heterocycles. The van der Waals surface area contributed by atoms with Gasteiger partial charge in [-0.1, -0.05) is 48.6 Å². The number of ether oxygens (including phenoxy) is 2. The molecule has 0 fully saturated rings. The van der Waals surface area contributed by atoms with Crippen LogP contribution in [0.3, 0.4) is 0 Å². The van der Waals surface area contributed by atoms with Gasteiger partial charge >= 0.3 is 0 Å². The van der Waals surface area contributed by atoms with Crippen molar-refractivity contribution in [3.63, 3.8) is 0 Å². The molecule has 0 saturated carbocycles. The average molecular weight is 403 g/mol. The number of Topliss-reactive ketones (excluding diaryl/α,β-unsaturated/α-hetero) is 1. The fraction of sp³-hybridized carbons (Fsp3) is 0.308.